The van der Waals surface area contributed by atoms with Gasteiger partial charge in [-0.15, -0.1) is 0 Å². The maximum atomic E-state index is 5.79. The van der Waals surface area contributed by atoms with Gasteiger partial charge in [-0.25, -0.2) is 4.98 Å². The summed E-state index contributed by atoms with van der Waals surface area (Å²) in [5, 5.41) is 6.99. The van der Waals surface area contributed by atoms with Crippen LogP contribution in [0, 0.1) is 0 Å². The number of rotatable bonds is 3. The van der Waals surface area contributed by atoms with Gasteiger partial charge in [0.2, 0.25) is 0 Å². The minimum absolute atomic E-state index is 0.577. The molecule has 4 rings (SSSR count). The van der Waals surface area contributed by atoms with Gasteiger partial charge in [-0.1, -0.05) is 0 Å². The van der Waals surface area contributed by atoms with Crippen molar-refractivity contribution in [1.82, 2.24) is 10.3 Å². The number of oxazole rings is 1. The second kappa shape index (κ2) is 4.53. The predicted molar refractivity (Wildman–Crippen MR) is 75.5 cm³/mol. The Bertz CT molecular complexity index is 582. The molecule has 2 N–H and O–H groups in total. The molecule has 1 saturated heterocycles. The summed E-state index contributed by atoms with van der Waals surface area (Å²) in [6, 6.07) is 6.84. The summed E-state index contributed by atoms with van der Waals surface area (Å²) in [5.41, 5.74) is 3.06. The molecule has 1 aliphatic carbocycles. The van der Waals surface area contributed by atoms with E-state index in [1.165, 1.54) is 25.7 Å². The molecule has 0 amide bonds. The molecule has 1 saturated carbocycles. The quantitative estimate of drug-likeness (QED) is 0.887. The zero-order chi connectivity index (χ0) is 12.7. The SMILES string of the molecule is c1cc2oc(C3CC3)nc2cc1NC1CCNCC1. The second-order valence-corrected chi connectivity index (χ2v) is 5.68. The Morgan fingerprint density at radius 3 is 2.79 bits per heavy atom. The molecule has 19 heavy (non-hydrogen) atoms. The van der Waals surface area contributed by atoms with Crippen LogP contribution in [0.25, 0.3) is 11.1 Å². The smallest absolute Gasteiger partial charge is 0.198 e. The standard InChI is InChI=1S/C15H19N3O/c1-2-10(1)15-18-13-9-12(3-4-14(13)19-15)17-11-5-7-16-8-6-11/h3-4,9-11,16-17H,1-2,5-8H2. The van der Waals surface area contributed by atoms with Gasteiger partial charge in [0.05, 0.1) is 0 Å². The summed E-state index contributed by atoms with van der Waals surface area (Å²) in [5.74, 6) is 1.50. The van der Waals surface area contributed by atoms with E-state index in [4.69, 9.17) is 4.42 Å². The zero-order valence-corrected chi connectivity index (χ0v) is 11.0. The van der Waals surface area contributed by atoms with Crippen LogP contribution in [0.5, 0.6) is 0 Å². The summed E-state index contributed by atoms with van der Waals surface area (Å²) in [6.45, 7) is 2.21. The number of aromatic nitrogens is 1. The Morgan fingerprint density at radius 2 is 2.00 bits per heavy atom. The summed E-state index contributed by atoms with van der Waals surface area (Å²) < 4.78 is 5.79. The van der Waals surface area contributed by atoms with Crippen LogP contribution in [0.3, 0.4) is 0 Å². The average Bonchev–Trinajstić information content (AvgIpc) is 3.20. The topological polar surface area (TPSA) is 50.1 Å². The molecule has 2 fully saturated rings. The molecular formula is C15H19N3O. The fourth-order valence-electron chi connectivity index (χ4n) is 2.74. The molecule has 100 valence electrons. The Kier molecular flexibility index (Phi) is 2.69. The van der Waals surface area contributed by atoms with E-state index in [1.807, 2.05) is 6.07 Å². The lowest BCUT2D eigenvalue weighted by Crippen LogP contribution is -2.35. The molecule has 0 spiro atoms. The molecule has 2 heterocycles. The van der Waals surface area contributed by atoms with Crippen molar-refractivity contribution in [1.29, 1.82) is 0 Å². The van der Waals surface area contributed by atoms with Gasteiger partial charge in [0, 0.05) is 17.6 Å². The van der Waals surface area contributed by atoms with E-state index in [0.29, 0.717) is 12.0 Å². The van der Waals surface area contributed by atoms with Crippen LogP contribution >= 0.6 is 0 Å². The van der Waals surface area contributed by atoms with E-state index in [2.05, 4.69) is 27.8 Å². The van der Waals surface area contributed by atoms with E-state index < -0.39 is 0 Å². The van der Waals surface area contributed by atoms with Crippen LogP contribution in [0.2, 0.25) is 0 Å². The molecule has 2 aromatic rings. The number of hydrogen-bond acceptors (Lipinski definition) is 4. The van der Waals surface area contributed by atoms with Crippen molar-refractivity contribution in [3.8, 4) is 0 Å². The number of fused-ring (bicyclic) bond motifs is 1. The van der Waals surface area contributed by atoms with Gasteiger partial charge in [-0.3, -0.25) is 0 Å². The first kappa shape index (κ1) is 11.3. The number of nitrogens with one attached hydrogen (secondary N) is 2. The predicted octanol–water partition coefficient (Wildman–Crippen LogP) is 2.87. The van der Waals surface area contributed by atoms with E-state index >= 15 is 0 Å². The van der Waals surface area contributed by atoms with Crippen LogP contribution < -0.4 is 10.6 Å². The number of hydrogen-bond donors (Lipinski definition) is 2. The molecule has 0 radical (unpaired) electrons. The first-order chi connectivity index (χ1) is 9.38. The highest BCUT2D eigenvalue weighted by Crippen LogP contribution is 2.40. The van der Waals surface area contributed by atoms with Gasteiger partial charge < -0.3 is 15.1 Å². The highest BCUT2D eigenvalue weighted by molar-refractivity contribution is 5.77. The van der Waals surface area contributed by atoms with Crippen molar-refractivity contribution in [2.45, 2.75) is 37.6 Å². The molecule has 0 bridgehead atoms. The molecule has 4 heteroatoms. The van der Waals surface area contributed by atoms with E-state index in [-0.39, 0.29) is 0 Å². The van der Waals surface area contributed by atoms with Gasteiger partial charge in [-0.2, -0.15) is 0 Å². The minimum Gasteiger partial charge on any atom is -0.440 e. The summed E-state index contributed by atoms with van der Waals surface area (Å²) >= 11 is 0. The lowest BCUT2D eigenvalue weighted by molar-refractivity contribution is 0.479. The Balaban J connectivity index is 1.56. The third kappa shape index (κ3) is 2.32. The van der Waals surface area contributed by atoms with Crippen LogP contribution in [0.1, 0.15) is 37.5 Å². The van der Waals surface area contributed by atoms with Crippen LogP contribution in [0.15, 0.2) is 22.6 Å². The highest BCUT2D eigenvalue weighted by atomic mass is 16.3. The van der Waals surface area contributed by atoms with Crippen LogP contribution in [-0.2, 0) is 0 Å². The van der Waals surface area contributed by atoms with Gasteiger partial charge in [0.25, 0.3) is 0 Å². The van der Waals surface area contributed by atoms with Crippen molar-refractivity contribution < 1.29 is 4.42 Å². The molecule has 1 aliphatic heterocycles. The number of piperidine rings is 1. The maximum absolute atomic E-state index is 5.79. The molecule has 4 nitrogen and oxygen atoms in total. The maximum Gasteiger partial charge on any atom is 0.198 e. The minimum atomic E-state index is 0.577. The molecular weight excluding hydrogens is 238 g/mol. The zero-order valence-electron chi connectivity index (χ0n) is 11.0. The fraction of sp³-hybridized carbons (Fsp3) is 0.533. The molecule has 0 unspecified atom stereocenters. The summed E-state index contributed by atoms with van der Waals surface area (Å²) in [4.78, 5) is 4.61. The highest BCUT2D eigenvalue weighted by Gasteiger charge is 2.28. The third-order valence-corrected chi connectivity index (χ3v) is 4.04. The van der Waals surface area contributed by atoms with Gasteiger partial charge in [0.15, 0.2) is 11.5 Å². The Morgan fingerprint density at radius 1 is 1.16 bits per heavy atom. The van der Waals surface area contributed by atoms with Crippen molar-refractivity contribution in [2.75, 3.05) is 18.4 Å². The van der Waals surface area contributed by atoms with Crippen LogP contribution in [0.4, 0.5) is 5.69 Å². The van der Waals surface area contributed by atoms with Gasteiger partial charge >= 0.3 is 0 Å². The average molecular weight is 257 g/mol. The Hall–Kier alpha value is -1.55. The van der Waals surface area contributed by atoms with E-state index in [1.54, 1.807) is 0 Å². The summed E-state index contributed by atoms with van der Waals surface area (Å²) in [7, 11) is 0. The molecule has 2 aliphatic rings. The van der Waals surface area contributed by atoms with Crippen molar-refractivity contribution in [3.05, 3.63) is 24.1 Å². The number of benzene rings is 1. The first-order valence-electron chi connectivity index (χ1n) is 7.26. The number of nitrogens with zero attached hydrogens (tertiary/aromatic N) is 1. The fourth-order valence-corrected chi connectivity index (χ4v) is 2.74. The van der Waals surface area contributed by atoms with E-state index in [9.17, 15) is 0 Å². The van der Waals surface area contributed by atoms with Gasteiger partial charge in [0.1, 0.15) is 5.52 Å². The number of anilines is 1. The molecule has 1 aromatic heterocycles. The third-order valence-electron chi connectivity index (χ3n) is 4.04. The largest absolute Gasteiger partial charge is 0.440 e. The van der Waals surface area contributed by atoms with Gasteiger partial charge in [-0.05, 0) is 57.0 Å². The van der Waals surface area contributed by atoms with Crippen LogP contribution in [-0.4, -0.2) is 24.1 Å². The van der Waals surface area contributed by atoms with E-state index in [0.717, 1.165) is 35.8 Å². The molecule has 1 aromatic carbocycles. The molecule has 0 atom stereocenters. The Labute approximate surface area is 112 Å². The lowest BCUT2D eigenvalue weighted by Gasteiger charge is -2.24. The van der Waals surface area contributed by atoms with Crippen molar-refractivity contribution >= 4 is 16.8 Å². The second-order valence-electron chi connectivity index (χ2n) is 5.68. The van der Waals surface area contributed by atoms with Crippen molar-refractivity contribution in [3.63, 3.8) is 0 Å². The monoisotopic (exact) mass is 257 g/mol. The normalized spacial score (nSPS) is 20.8. The first-order valence-corrected chi connectivity index (χ1v) is 7.26. The van der Waals surface area contributed by atoms with Crippen molar-refractivity contribution in [2.24, 2.45) is 0 Å². The summed E-state index contributed by atoms with van der Waals surface area (Å²) in [6.07, 6.45) is 4.83. The lowest BCUT2D eigenvalue weighted by atomic mass is 10.1.